The van der Waals surface area contributed by atoms with E-state index >= 15 is 0 Å². The first-order valence-electron chi connectivity index (χ1n) is 6.34. The minimum absolute atomic E-state index is 0.414. The highest BCUT2D eigenvalue weighted by atomic mass is 16.5. The second-order valence-electron chi connectivity index (χ2n) is 4.67. The monoisotopic (exact) mass is 230 g/mol. The highest BCUT2D eigenvalue weighted by Crippen LogP contribution is 2.38. The predicted octanol–water partition coefficient (Wildman–Crippen LogP) is 2.12. The van der Waals surface area contributed by atoms with Gasteiger partial charge < -0.3 is 10.1 Å². The summed E-state index contributed by atoms with van der Waals surface area (Å²) >= 11 is 0. The average molecular weight is 230 g/mol. The first kappa shape index (κ1) is 10.6. The Hall–Kier alpha value is -1.51. The molecule has 0 amide bonds. The Labute approximate surface area is 102 Å². The topological polar surface area (TPSA) is 33.6 Å². The van der Waals surface area contributed by atoms with Gasteiger partial charge in [0.2, 0.25) is 0 Å². The summed E-state index contributed by atoms with van der Waals surface area (Å²) in [6.07, 6.45) is 3.58. The predicted molar refractivity (Wildman–Crippen MR) is 69.0 cm³/mol. The number of amidine groups is 1. The van der Waals surface area contributed by atoms with E-state index in [4.69, 9.17) is 4.74 Å². The van der Waals surface area contributed by atoms with Crippen LogP contribution in [0.5, 0.6) is 5.75 Å². The smallest absolute Gasteiger partial charge is 0.123 e. The summed E-state index contributed by atoms with van der Waals surface area (Å²) in [7, 11) is 1.76. The van der Waals surface area contributed by atoms with Crippen molar-refractivity contribution in [3.63, 3.8) is 0 Å². The number of hydrogen-bond donors (Lipinski definition) is 1. The maximum Gasteiger partial charge on any atom is 0.123 e. The Morgan fingerprint density at radius 1 is 1.41 bits per heavy atom. The van der Waals surface area contributed by atoms with Gasteiger partial charge in [-0.3, -0.25) is 4.99 Å². The number of hydrogen-bond acceptors (Lipinski definition) is 3. The van der Waals surface area contributed by atoms with E-state index in [-0.39, 0.29) is 0 Å². The fourth-order valence-corrected chi connectivity index (χ4v) is 2.95. The summed E-state index contributed by atoms with van der Waals surface area (Å²) in [6.45, 7) is 1.90. The number of nitrogens with zero attached hydrogens (tertiary/aromatic N) is 1. The highest BCUT2D eigenvalue weighted by molar-refractivity contribution is 5.91. The van der Waals surface area contributed by atoms with Crippen molar-refractivity contribution in [1.82, 2.24) is 5.32 Å². The average Bonchev–Trinajstić information content (AvgIpc) is 2.91. The van der Waals surface area contributed by atoms with E-state index in [0.29, 0.717) is 5.92 Å². The Balaban J connectivity index is 2.05. The van der Waals surface area contributed by atoms with E-state index in [1.54, 1.807) is 7.11 Å². The first-order valence-corrected chi connectivity index (χ1v) is 6.34. The van der Waals surface area contributed by atoms with E-state index in [9.17, 15) is 0 Å². The Morgan fingerprint density at radius 3 is 3.12 bits per heavy atom. The van der Waals surface area contributed by atoms with Crippen LogP contribution in [0, 0.1) is 0 Å². The Bertz CT molecular complexity index is 439. The molecule has 1 unspecified atom stereocenters. The summed E-state index contributed by atoms with van der Waals surface area (Å²) in [4.78, 5) is 4.58. The lowest BCUT2D eigenvalue weighted by atomic mass is 9.81. The van der Waals surface area contributed by atoms with Crippen LogP contribution < -0.4 is 10.1 Å². The van der Waals surface area contributed by atoms with Gasteiger partial charge in [0.15, 0.2) is 0 Å². The van der Waals surface area contributed by atoms with E-state index in [1.807, 2.05) is 0 Å². The fourth-order valence-electron chi connectivity index (χ4n) is 2.95. The number of methoxy groups -OCH3 is 1. The molecule has 0 aromatic heterocycles. The third kappa shape index (κ3) is 1.79. The quantitative estimate of drug-likeness (QED) is 0.844. The van der Waals surface area contributed by atoms with Gasteiger partial charge in [-0.1, -0.05) is 12.1 Å². The summed E-state index contributed by atoms with van der Waals surface area (Å²) in [6, 6.07) is 6.37. The number of aryl methyl sites for hydroxylation is 1. The van der Waals surface area contributed by atoms with E-state index in [1.165, 1.54) is 24.0 Å². The summed E-state index contributed by atoms with van der Waals surface area (Å²) < 4.78 is 5.52. The molecule has 17 heavy (non-hydrogen) atoms. The lowest BCUT2D eigenvalue weighted by Gasteiger charge is -2.27. The fraction of sp³-hybridized carbons (Fsp3) is 0.500. The van der Waals surface area contributed by atoms with Gasteiger partial charge in [-0.25, -0.2) is 0 Å². The zero-order valence-electron chi connectivity index (χ0n) is 10.2. The SMILES string of the molecule is COc1cccc2c1C(C1=NCCN1)CCC2. The van der Waals surface area contributed by atoms with Crippen molar-refractivity contribution in [2.75, 3.05) is 20.2 Å². The van der Waals surface area contributed by atoms with Crippen LogP contribution in [0.4, 0.5) is 0 Å². The van der Waals surface area contributed by atoms with E-state index in [0.717, 1.165) is 31.1 Å². The standard InChI is InChI=1S/C14H18N2O/c1-17-12-7-3-5-10-4-2-6-11(13(10)12)14-15-8-9-16-14/h3,5,7,11H,2,4,6,8-9H2,1H3,(H,15,16). The van der Waals surface area contributed by atoms with Gasteiger partial charge >= 0.3 is 0 Å². The van der Waals surface area contributed by atoms with Gasteiger partial charge in [-0.2, -0.15) is 0 Å². The van der Waals surface area contributed by atoms with Gasteiger partial charge in [0.05, 0.1) is 13.7 Å². The molecule has 2 aliphatic rings. The summed E-state index contributed by atoms with van der Waals surface area (Å²) in [5.74, 6) is 2.59. The van der Waals surface area contributed by atoms with Crippen LogP contribution in [0.25, 0.3) is 0 Å². The lowest BCUT2D eigenvalue weighted by molar-refractivity contribution is 0.404. The Morgan fingerprint density at radius 2 is 2.35 bits per heavy atom. The van der Waals surface area contributed by atoms with Crippen molar-refractivity contribution in [3.8, 4) is 5.75 Å². The molecule has 0 spiro atoms. The van der Waals surface area contributed by atoms with Crippen molar-refractivity contribution in [3.05, 3.63) is 29.3 Å². The molecule has 0 bridgehead atoms. The molecular formula is C14H18N2O. The maximum absolute atomic E-state index is 5.52. The van der Waals surface area contributed by atoms with Gasteiger partial charge in [0.25, 0.3) is 0 Å². The number of rotatable bonds is 2. The number of benzene rings is 1. The largest absolute Gasteiger partial charge is 0.496 e. The highest BCUT2D eigenvalue weighted by Gasteiger charge is 2.28. The van der Waals surface area contributed by atoms with Crippen LogP contribution >= 0.6 is 0 Å². The molecule has 90 valence electrons. The first-order chi connectivity index (χ1) is 8.40. The molecule has 0 radical (unpaired) electrons. The molecule has 1 heterocycles. The van der Waals surface area contributed by atoms with Crippen LogP contribution in [0.2, 0.25) is 0 Å². The lowest BCUT2D eigenvalue weighted by Crippen LogP contribution is -2.28. The van der Waals surface area contributed by atoms with E-state index in [2.05, 4.69) is 28.5 Å². The number of nitrogens with one attached hydrogen (secondary N) is 1. The van der Waals surface area contributed by atoms with Crippen molar-refractivity contribution >= 4 is 5.84 Å². The van der Waals surface area contributed by atoms with Crippen molar-refractivity contribution in [2.45, 2.75) is 25.2 Å². The number of ether oxygens (including phenoxy) is 1. The maximum atomic E-state index is 5.52. The second kappa shape index (κ2) is 4.40. The minimum Gasteiger partial charge on any atom is -0.496 e. The molecule has 3 nitrogen and oxygen atoms in total. The summed E-state index contributed by atoms with van der Waals surface area (Å²) in [5.41, 5.74) is 2.78. The van der Waals surface area contributed by atoms with Crippen LogP contribution in [0.15, 0.2) is 23.2 Å². The molecule has 0 saturated carbocycles. The second-order valence-corrected chi connectivity index (χ2v) is 4.67. The molecular weight excluding hydrogens is 212 g/mol. The normalized spacial score (nSPS) is 22.6. The van der Waals surface area contributed by atoms with Crippen LogP contribution in [0.3, 0.4) is 0 Å². The number of aliphatic imine (C=N–C) groups is 1. The zero-order chi connectivity index (χ0) is 11.7. The minimum atomic E-state index is 0.414. The molecule has 0 saturated heterocycles. The Kier molecular flexibility index (Phi) is 2.75. The molecule has 1 aliphatic heterocycles. The van der Waals surface area contributed by atoms with Crippen LogP contribution in [-0.2, 0) is 6.42 Å². The molecule has 1 aliphatic carbocycles. The van der Waals surface area contributed by atoms with Crippen molar-refractivity contribution in [2.24, 2.45) is 4.99 Å². The van der Waals surface area contributed by atoms with Gasteiger partial charge in [-0.15, -0.1) is 0 Å². The van der Waals surface area contributed by atoms with Gasteiger partial charge in [0.1, 0.15) is 11.6 Å². The van der Waals surface area contributed by atoms with Crippen LogP contribution in [-0.4, -0.2) is 26.0 Å². The van der Waals surface area contributed by atoms with Gasteiger partial charge in [-0.05, 0) is 30.9 Å². The third-order valence-corrected chi connectivity index (χ3v) is 3.69. The summed E-state index contributed by atoms with van der Waals surface area (Å²) in [5, 5.41) is 3.41. The van der Waals surface area contributed by atoms with Gasteiger partial charge in [0, 0.05) is 18.0 Å². The molecule has 3 heteroatoms. The molecule has 1 N–H and O–H groups in total. The molecule has 1 aromatic carbocycles. The van der Waals surface area contributed by atoms with Crippen molar-refractivity contribution < 1.29 is 4.74 Å². The molecule has 1 atom stereocenters. The van der Waals surface area contributed by atoms with Crippen molar-refractivity contribution in [1.29, 1.82) is 0 Å². The third-order valence-electron chi connectivity index (χ3n) is 3.69. The molecule has 0 fully saturated rings. The van der Waals surface area contributed by atoms with Crippen LogP contribution in [0.1, 0.15) is 29.9 Å². The van der Waals surface area contributed by atoms with E-state index < -0.39 is 0 Å². The zero-order valence-corrected chi connectivity index (χ0v) is 10.2. The number of fused-ring (bicyclic) bond motifs is 1. The molecule has 3 rings (SSSR count). The molecule has 1 aromatic rings.